The molecule has 1 amide bonds. The average molecular weight is 260 g/mol. The molecule has 3 heteroatoms. The Kier molecular flexibility index (Phi) is 3.68. The molecule has 19 heavy (non-hydrogen) atoms. The van der Waals surface area contributed by atoms with E-state index in [0.29, 0.717) is 0 Å². The molecule has 0 heterocycles. The third-order valence-corrected chi connectivity index (χ3v) is 3.99. The lowest BCUT2D eigenvalue weighted by atomic mass is 9.79. The molecule has 1 aromatic carbocycles. The number of amides is 1. The molecule has 1 aromatic rings. The van der Waals surface area contributed by atoms with E-state index in [1.807, 2.05) is 13.0 Å². The molecule has 0 bridgehead atoms. The molecule has 0 aromatic heterocycles. The van der Waals surface area contributed by atoms with Crippen molar-refractivity contribution in [2.75, 3.05) is 0 Å². The lowest BCUT2D eigenvalue weighted by Gasteiger charge is -2.29. The largest absolute Gasteiger partial charge is 0.352 e. The molecule has 0 radical (unpaired) electrons. The second-order valence-corrected chi connectivity index (χ2v) is 6.48. The van der Waals surface area contributed by atoms with E-state index in [1.54, 1.807) is 0 Å². The monoisotopic (exact) mass is 260 g/mol. The van der Waals surface area contributed by atoms with Gasteiger partial charge in [0.05, 0.1) is 5.54 Å². The zero-order chi connectivity index (χ0) is 14.1. The van der Waals surface area contributed by atoms with Crippen molar-refractivity contribution in [2.45, 2.75) is 57.0 Å². The number of hydrogen-bond acceptors (Lipinski definition) is 2. The van der Waals surface area contributed by atoms with Gasteiger partial charge in [-0.1, -0.05) is 44.2 Å². The molecule has 1 aliphatic carbocycles. The number of nitrogens with two attached hydrogens (primary N) is 1. The summed E-state index contributed by atoms with van der Waals surface area (Å²) in [6.07, 6.45) is 2.53. The van der Waals surface area contributed by atoms with Gasteiger partial charge in [-0.2, -0.15) is 0 Å². The van der Waals surface area contributed by atoms with E-state index in [1.165, 1.54) is 5.56 Å². The summed E-state index contributed by atoms with van der Waals surface area (Å²) in [7, 11) is 0. The van der Waals surface area contributed by atoms with E-state index < -0.39 is 5.54 Å². The van der Waals surface area contributed by atoms with Crippen LogP contribution in [0.15, 0.2) is 30.3 Å². The SMILES string of the molecule is CC(CC(C)(C)c1ccccc1)NC(=O)C1(N)CC1. The summed E-state index contributed by atoms with van der Waals surface area (Å²) < 4.78 is 0. The third kappa shape index (κ3) is 3.35. The zero-order valence-electron chi connectivity index (χ0n) is 12.1. The maximum Gasteiger partial charge on any atom is 0.240 e. The first-order valence-corrected chi connectivity index (χ1v) is 6.99. The van der Waals surface area contributed by atoms with Crippen LogP contribution in [0.2, 0.25) is 0 Å². The standard InChI is InChI=1S/C16H24N2O/c1-12(18-14(19)16(17)9-10-16)11-15(2,3)13-7-5-4-6-8-13/h4-8,12H,9-11,17H2,1-3H3,(H,18,19). The molecular weight excluding hydrogens is 236 g/mol. The fourth-order valence-corrected chi connectivity index (χ4v) is 2.55. The molecule has 1 fully saturated rings. The second-order valence-electron chi connectivity index (χ2n) is 6.48. The van der Waals surface area contributed by atoms with Crippen molar-refractivity contribution in [1.29, 1.82) is 0 Å². The molecule has 0 saturated heterocycles. The lowest BCUT2D eigenvalue weighted by Crippen LogP contribution is -2.47. The number of carbonyl (C=O) groups excluding carboxylic acids is 1. The van der Waals surface area contributed by atoms with Crippen molar-refractivity contribution < 1.29 is 4.79 Å². The van der Waals surface area contributed by atoms with Gasteiger partial charge in [0.1, 0.15) is 0 Å². The van der Waals surface area contributed by atoms with Crippen LogP contribution in [0.1, 0.15) is 45.6 Å². The van der Waals surface area contributed by atoms with Crippen molar-refractivity contribution >= 4 is 5.91 Å². The highest BCUT2D eigenvalue weighted by Crippen LogP contribution is 2.33. The smallest absolute Gasteiger partial charge is 0.240 e. The Balaban J connectivity index is 1.94. The summed E-state index contributed by atoms with van der Waals surface area (Å²) in [5, 5.41) is 3.04. The Bertz CT molecular complexity index is 449. The summed E-state index contributed by atoms with van der Waals surface area (Å²) >= 11 is 0. The highest BCUT2D eigenvalue weighted by Gasteiger charge is 2.46. The minimum atomic E-state index is -0.578. The first kappa shape index (κ1) is 14.1. The van der Waals surface area contributed by atoms with Crippen LogP contribution in [-0.4, -0.2) is 17.5 Å². The fourth-order valence-electron chi connectivity index (χ4n) is 2.55. The van der Waals surface area contributed by atoms with Crippen LogP contribution in [-0.2, 0) is 10.2 Å². The highest BCUT2D eigenvalue weighted by atomic mass is 16.2. The summed E-state index contributed by atoms with van der Waals surface area (Å²) in [6.45, 7) is 6.47. The molecule has 0 aliphatic heterocycles. The van der Waals surface area contributed by atoms with Crippen LogP contribution in [0.3, 0.4) is 0 Å². The second kappa shape index (κ2) is 4.97. The van der Waals surface area contributed by atoms with Crippen molar-refractivity contribution in [3.63, 3.8) is 0 Å². The topological polar surface area (TPSA) is 55.1 Å². The van der Waals surface area contributed by atoms with Crippen LogP contribution >= 0.6 is 0 Å². The highest BCUT2D eigenvalue weighted by molar-refractivity contribution is 5.89. The first-order valence-electron chi connectivity index (χ1n) is 6.99. The number of benzene rings is 1. The van der Waals surface area contributed by atoms with Crippen LogP contribution in [0, 0.1) is 0 Å². The molecule has 1 atom stereocenters. The van der Waals surface area contributed by atoms with E-state index in [0.717, 1.165) is 19.3 Å². The molecule has 1 saturated carbocycles. The quantitative estimate of drug-likeness (QED) is 0.854. The number of carbonyl (C=O) groups is 1. The zero-order valence-corrected chi connectivity index (χ0v) is 12.1. The number of rotatable bonds is 5. The van der Waals surface area contributed by atoms with E-state index in [4.69, 9.17) is 5.73 Å². The van der Waals surface area contributed by atoms with Crippen molar-refractivity contribution in [1.82, 2.24) is 5.32 Å². The maximum absolute atomic E-state index is 11.9. The van der Waals surface area contributed by atoms with Crippen LogP contribution in [0.4, 0.5) is 0 Å². The predicted octanol–water partition coefficient (Wildman–Crippen LogP) is 2.35. The van der Waals surface area contributed by atoms with Gasteiger partial charge >= 0.3 is 0 Å². The molecule has 1 aliphatic rings. The van der Waals surface area contributed by atoms with Gasteiger partial charge in [0.15, 0.2) is 0 Å². The molecule has 0 spiro atoms. The van der Waals surface area contributed by atoms with E-state index in [9.17, 15) is 4.79 Å². The van der Waals surface area contributed by atoms with Gasteiger partial charge in [-0.15, -0.1) is 0 Å². The summed E-state index contributed by atoms with van der Waals surface area (Å²) in [5.74, 6) is 0.00358. The third-order valence-electron chi connectivity index (χ3n) is 3.99. The van der Waals surface area contributed by atoms with Gasteiger partial charge in [0.2, 0.25) is 5.91 Å². The molecule has 3 nitrogen and oxygen atoms in total. The van der Waals surface area contributed by atoms with E-state index in [2.05, 4.69) is 43.4 Å². The van der Waals surface area contributed by atoms with Crippen molar-refractivity contribution in [3.8, 4) is 0 Å². The van der Waals surface area contributed by atoms with Gasteiger partial charge in [-0.25, -0.2) is 0 Å². The average Bonchev–Trinajstić information content (AvgIpc) is 3.09. The van der Waals surface area contributed by atoms with Crippen molar-refractivity contribution in [3.05, 3.63) is 35.9 Å². The molecule has 1 unspecified atom stereocenters. The molecule has 2 rings (SSSR count). The normalized spacial score (nSPS) is 18.7. The molecule has 104 valence electrons. The minimum Gasteiger partial charge on any atom is -0.352 e. The van der Waals surface area contributed by atoms with Gasteiger partial charge in [-0.3, -0.25) is 4.79 Å². The van der Waals surface area contributed by atoms with E-state index in [-0.39, 0.29) is 17.4 Å². The maximum atomic E-state index is 11.9. The molecule has 3 N–H and O–H groups in total. The lowest BCUT2D eigenvalue weighted by molar-refractivity contribution is -0.123. The van der Waals surface area contributed by atoms with Crippen LogP contribution in [0.5, 0.6) is 0 Å². The summed E-state index contributed by atoms with van der Waals surface area (Å²) in [6, 6.07) is 10.5. The van der Waals surface area contributed by atoms with Crippen LogP contribution in [0.25, 0.3) is 0 Å². The van der Waals surface area contributed by atoms with Gasteiger partial charge in [0, 0.05) is 6.04 Å². The van der Waals surface area contributed by atoms with Gasteiger partial charge < -0.3 is 11.1 Å². The van der Waals surface area contributed by atoms with E-state index >= 15 is 0 Å². The number of hydrogen-bond donors (Lipinski definition) is 2. The summed E-state index contributed by atoms with van der Waals surface area (Å²) in [4.78, 5) is 11.9. The first-order chi connectivity index (χ1) is 8.83. The predicted molar refractivity (Wildman–Crippen MR) is 77.8 cm³/mol. The van der Waals surface area contributed by atoms with Gasteiger partial charge in [-0.05, 0) is 37.2 Å². The Labute approximate surface area is 115 Å². The summed E-state index contributed by atoms with van der Waals surface area (Å²) in [5.41, 5.74) is 6.66. The Morgan fingerprint density at radius 2 is 1.95 bits per heavy atom. The van der Waals surface area contributed by atoms with Gasteiger partial charge in [0.25, 0.3) is 0 Å². The number of nitrogens with one attached hydrogen (secondary N) is 1. The Hall–Kier alpha value is -1.35. The van der Waals surface area contributed by atoms with Crippen molar-refractivity contribution in [2.24, 2.45) is 5.73 Å². The molecular formula is C16H24N2O. The minimum absolute atomic E-state index is 0.00358. The van der Waals surface area contributed by atoms with Crippen LogP contribution < -0.4 is 11.1 Å². The Morgan fingerprint density at radius 3 is 2.47 bits per heavy atom. The fraction of sp³-hybridized carbons (Fsp3) is 0.562. The Morgan fingerprint density at radius 1 is 1.37 bits per heavy atom.